The molecular weight excluding hydrogens is 750 g/mol. The van der Waals surface area contributed by atoms with Gasteiger partial charge in [-0.2, -0.15) is 0 Å². The van der Waals surface area contributed by atoms with Gasteiger partial charge in [-0.25, -0.2) is 4.79 Å². The summed E-state index contributed by atoms with van der Waals surface area (Å²) < 4.78 is 10.9. The van der Waals surface area contributed by atoms with Crippen molar-refractivity contribution in [1.82, 2.24) is 0 Å². The van der Waals surface area contributed by atoms with Gasteiger partial charge in [-0.3, -0.25) is 19.7 Å². The number of aliphatic hydroxyl groups excluding tert-OH is 4. The molecule has 3 aromatic carbocycles. The number of aliphatic carboxylic acids is 1. The molecule has 1 amide bonds. The first-order valence-electron chi connectivity index (χ1n) is 19.6. The van der Waals surface area contributed by atoms with E-state index in [2.05, 4.69) is 22.1 Å². The maximum atomic E-state index is 14.5. The number of hydrogen-bond acceptors (Lipinski definition) is 13. The van der Waals surface area contributed by atoms with E-state index in [9.17, 15) is 50.4 Å². The average Bonchev–Trinajstić information content (AvgIpc) is 3.84. The first kappa shape index (κ1) is 39.7. The number of carboxylic acid groups (broad SMARTS) is 1. The topological polar surface area (TPSA) is 242 Å². The van der Waals surface area contributed by atoms with E-state index >= 15 is 0 Å². The van der Waals surface area contributed by atoms with E-state index in [0.29, 0.717) is 41.9 Å². The summed E-state index contributed by atoms with van der Waals surface area (Å²) >= 11 is 0. The van der Waals surface area contributed by atoms with Gasteiger partial charge in [0.05, 0.1) is 18.0 Å². The van der Waals surface area contributed by atoms with Gasteiger partial charge in [0.1, 0.15) is 36.8 Å². The molecule has 1 saturated heterocycles. The second kappa shape index (κ2) is 15.5. The number of amides is 1. The summed E-state index contributed by atoms with van der Waals surface area (Å²) in [5.74, 6) is -6.74. The minimum Gasteiger partial charge on any atom is -0.508 e. The molecule has 0 aromatic heterocycles. The van der Waals surface area contributed by atoms with Crippen LogP contribution in [0.15, 0.2) is 70.7 Å². The number of nitrogens with zero attached hydrogens (tertiary/aromatic N) is 3. The van der Waals surface area contributed by atoms with Gasteiger partial charge in [-0.15, -0.1) is 0 Å². The molecule has 15 heteroatoms. The number of aliphatic hydroxyl groups is 5. The summed E-state index contributed by atoms with van der Waals surface area (Å²) in [4.78, 5) is 37.5. The van der Waals surface area contributed by atoms with E-state index in [1.165, 1.54) is 41.5 Å². The lowest BCUT2D eigenvalue weighted by Crippen LogP contribution is -2.67. The Balaban J connectivity index is 1.21. The summed E-state index contributed by atoms with van der Waals surface area (Å²) in [6.45, 7) is -0.562. The number of benzene rings is 3. The van der Waals surface area contributed by atoms with Crippen molar-refractivity contribution in [2.24, 2.45) is 15.9 Å². The Labute approximate surface area is 333 Å². The fraction of sp³-hybridized carbons (Fsp3) is 0.442. The van der Waals surface area contributed by atoms with Gasteiger partial charge in [0, 0.05) is 36.3 Å². The van der Waals surface area contributed by atoms with Crippen LogP contribution in [0.4, 0.5) is 5.69 Å². The largest absolute Gasteiger partial charge is 0.508 e. The molecule has 1 saturated carbocycles. The van der Waals surface area contributed by atoms with Gasteiger partial charge >= 0.3 is 11.9 Å². The molecule has 9 atom stereocenters. The molecule has 3 aromatic rings. The highest BCUT2D eigenvalue weighted by atomic mass is 16.8. The van der Waals surface area contributed by atoms with Crippen LogP contribution in [-0.2, 0) is 32.6 Å². The molecule has 2 aliphatic carbocycles. The second-order valence-corrected chi connectivity index (χ2v) is 16.0. The van der Waals surface area contributed by atoms with Crippen molar-refractivity contribution >= 4 is 35.6 Å². The number of aryl methyl sites for hydroxylation is 1. The summed E-state index contributed by atoms with van der Waals surface area (Å²) in [5, 5.41) is 85.5. The van der Waals surface area contributed by atoms with Crippen LogP contribution in [0.25, 0.3) is 6.08 Å². The number of phenolic OH excluding ortho intramolecular Hbond substituents is 2. The Hall–Kier alpha value is -5.16. The van der Waals surface area contributed by atoms with Gasteiger partial charge < -0.3 is 50.3 Å². The van der Waals surface area contributed by atoms with Crippen molar-refractivity contribution in [3.63, 3.8) is 0 Å². The summed E-state index contributed by atoms with van der Waals surface area (Å²) in [6.07, 6.45) is 2.95. The van der Waals surface area contributed by atoms with Crippen molar-refractivity contribution < 1.29 is 59.9 Å². The van der Waals surface area contributed by atoms with E-state index in [0.717, 1.165) is 43.4 Å². The number of rotatable bonds is 10. The number of aromatic hydroxyl groups is 2. The van der Waals surface area contributed by atoms with Crippen molar-refractivity contribution in [3.8, 4) is 17.2 Å². The quantitative estimate of drug-likeness (QED) is 0.109. The lowest BCUT2D eigenvalue weighted by Gasteiger charge is -2.50. The Kier molecular flexibility index (Phi) is 10.6. The van der Waals surface area contributed by atoms with E-state index in [-0.39, 0.29) is 17.4 Å². The Morgan fingerprint density at radius 3 is 2.57 bits per heavy atom. The van der Waals surface area contributed by atoms with Crippen LogP contribution < -0.4 is 9.64 Å². The number of anilines is 1. The van der Waals surface area contributed by atoms with E-state index in [1.54, 1.807) is 18.3 Å². The molecule has 8 rings (SSSR count). The van der Waals surface area contributed by atoms with Gasteiger partial charge in [-0.1, -0.05) is 43.2 Å². The number of fused-ring (bicyclic) bond motifs is 4. The van der Waals surface area contributed by atoms with Crippen LogP contribution in [0.5, 0.6) is 17.2 Å². The standard InChI is InChI=1S/C43H47N3O12/c47-21-35-38(51)39(52)40(53)43(56,58-35)57-34-18-31-28(17-33(34)49)29(19-42-14-4-3-6-26(42)11-10-24-5-1-2-7-30(24)42)37(41(54)55)46(31)36(50)13-9-23-8-12-32(48)25(15-23)16-27-20-44-22-45-27/h1-2,5,7-9,12-13,15,17-18,20,26,29,35,37-40,47-49,51-53,56H,3-4,6,10-11,14,16,19,21-22H2,(H,54,55)/b13-9+/t26-,29+,35-,37-,38-,39+,40-,42-,43+/m1/s1. The lowest BCUT2D eigenvalue weighted by molar-refractivity contribution is -0.422. The fourth-order valence-corrected chi connectivity index (χ4v) is 9.91. The maximum absolute atomic E-state index is 14.5. The van der Waals surface area contributed by atoms with Gasteiger partial charge in [0.15, 0.2) is 17.6 Å². The van der Waals surface area contributed by atoms with E-state index < -0.39 is 77.7 Å². The molecule has 5 aliphatic rings. The number of hydrogen-bond donors (Lipinski definition) is 8. The Bertz CT molecular complexity index is 2190. The highest BCUT2D eigenvalue weighted by Crippen LogP contribution is 2.58. The van der Waals surface area contributed by atoms with Gasteiger partial charge in [0.2, 0.25) is 0 Å². The molecule has 8 N–H and O–H groups in total. The highest BCUT2D eigenvalue weighted by molar-refractivity contribution is 6.32. The molecule has 58 heavy (non-hydrogen) atoms. The van der Waals surface area contributed by atoms with Crippen molar-refractivity contribution in [1.29, 1.82) is 0 Å². The maximum Gasteiger partial charge on any atom is 0.355 e. The fourth-order valence-electron chi connectivity index (χ4n) is 9.91. The lowest BCUT2D eigenvalue weighted by atomic mass is 9.54. The number of aliphatic imine (C=N–C) groups is 2. The zero-order valence-electron chi connectivity index (χ0n) is 31.6. The number of carboxylic acids is 1. The van der Waals surface area contributed by atoms with Crippen LogP contribution in [0.3, 0.4) is 0 Å². The highest BCUT2D eigenvalue weighted by Gasteiger charge is 2.57. The molecule has 3 heterocycles. The van der Waals surface area contributed by atoms with Gasteiger partial charge in [0.25, 0.3) is 5.91 Å². The zero-order chi connectivity index (χ0) is 40.9. The number of carbonyl (C=O) groups is 2. The molecule has 306 valence electrons. The van der Waals surface area contributed by atoms with Crippen LogP contribution in [0.2, 0.25) is 0 Å². The van der Waals surface area contributed by atoms with Gasteiger partial charge in [-0.05, 0) is 90.0 Å². The molecule has 0 spiro atoms. The zero-order valence-corrected chi connectivity index (χ0v) is 31.6. The van der Waals surface area contributed by atoms with Crippen LogP contribution >= 0.6 is 0 Å². The van der Waals surface area contributed by atoms with Crippen LogP contribution in [-0.4, -0.2) is 114 Å². The Morgan fingerprint density at radius 2 is 1.81 bits per heavy atom. The summed E-state index contributed by atoms with van der Waals surface area (Å²) in [5.41, 5.74) is 4.17. The minimum absolute atomic E-state index is 0.0341. The van der Waals surface area contributed by atoms with Crippen molar-refractivity contribution in [3.05, 3.63) is 88.5 Å². The van der Waals surface area contributed by atoms with Crippen molar-refractivity contribution in [2.45, 2.75) is 99.1 Å². The summed E-state index contributed by atoms with van der Waals surface area (Å²) in [7, 11) is 0. The summed E-state index contributed by atoms with van der Waals surface area (Å²) in [6, 6.07) is 14.1. The average molecular weight is 798 g/mol. The molecule has 3 aliphatic heterocycles. The third-order valence-electron chi connectivity index (χ3n) is 12.7. The van der Waals surface area contributed by atoms with E-state index in [4.69, 9.17) is 9.47 Å². The predicted molar refractivity (Wildman–Crippen MR) is 210 cm³/mol. The predicted octanol–water partition coefficient (Wildman–Crippen LogP) is 2.68. The third-order valence-corrected chi connectivity index (χ3v) is 12.7. The SMILES string of the molecule is O=C(O)[C@H]1[C@@H](C[C@]23CCCC[C@@H]2CCc2ccccc23)c2cc(O)c(O[C@]3(O)O[C@H](CO)[C@@H](O)[C@H](O)[C@H]3O)cc2N1C(=O)/C=C/c1ccc(O)c(CC2=NCN=C2)c1. The van der Waals surface area contributed by atoms with E-state index in [1.807, 2.05) is 12.1 Å². The van der Waals surface area contributed by atoms with Crippen LogP contribution in [0, 0.1) is 5.92 Å². The monoisotopic (exact) mass is 797 g/mol. The molecule has 0 radical (unpaired) electrons. The number of ether oxygens (including phenoxy) is 2. The normalized spacial score (nSPS) is 31.4. The molecular formula is C43H47N3O12. The first-order valence-corrected chi connectivity index (χ1v) is 19.6. The third kappa shape index (κ3) is 6.95. The van der Waals surface area contributed by atoms with Crippen molar-refractivity contribution in [2.75, 3.05) is 18.2 Å². The Morgan fingerprint density at radius 1 is 1.00 bits per heavy atom. The molecule has 0 unspecified atom stereocenters. The molecule has 0 bridgehead atoms. The number of phenols is 2. The minimum atomic E-state index is -3.09. The molecule has 2 fully saturated rings. The second-order valence-electron chi connectivity index (χ2n) is 16.0. The first-order chi connectivity index (χ1) is 27.8. The molecule has 15 nitrogen and oxygen atoms in total. The smallest absolute Gasteiger partial charge is 0.355 e. The van der Waals surface area contributed by atoms with Crippen LogP contribution in [0.1, 0.15) is 72.3 Å². The number of carbonyl (C=O) groups excluding carboxylic acids is 1.